The van der Waals surface area contributed by atoms with Gasteiger partial charge in [0.15, 0.2) is 18.1 Å². The molecule has 1 atom stereocenters. The van der Waals surface area contributed by atoms with E-state index in [0.717, 1.165) is 25.9 Å². The summed E-state index contributed by atoms with van der Waals surface area (Å²) >= 11 is 0. The number of hydrogen-bond donors (Lipinski definition) is 3. The standard InChI is InChI=1S/C15H21N3O4.ClH/c1-21-13-7-10(4-5-12(13)22-9-14(16)19)15(20)18-11-3-2-6-17-8-11;/h4-5,7,11,17H,2-3,6,8-9H2,1H3,(H2,16,19)(H,18,20);1H. The molecule has 1 aliphatic rings. The number of primary amides is 1. The molecule has 23 heavy (non-hydrogen) atoms. The predicted molar refractivity (Wildman–Crippen MR) is 88.3 cm³/mol. The molecule has 1 aromatic carbocycles. The average molecular weight is 344 g/mol. The van der Waals surface area contributed by atoms with Crippen molar-refractivity contribution in [3.8, 4) is 11.5 Å². The zero-order valence-electron chi connectivity index (χ0n) is 13.0. The van der Waals surface area contributed by atoms with E-state index in [4.69, 9.17) is 15.2 Å². The highest BCUT2D eigenvalue weighted by molar-refractivity contribution is 5.95. The number of hydrogen-bond acceptors (Lipinski definition) is 5. The molecule has 1 aliphatic heterocycles. The molecule has 7 nitrogen and oxygen atoms in total. The Hall–Kier alpha value is -1.99. The van der Waals surface area contributed by atoms with Gasteiger partial charge in [0.1, 0.15) is 0 Å². The van der Waals surface area contributed by atoms with Crippen molar-refractivity contribution >= 4 is 24.2 Å². The van der Waals surface area contributed by atoms with Crippen LogP contribution in [0.1, 0.15) is 23.2 Å². The molecular weight excluding hydrogens is 322 g/mol. The second-order valence-corrected chi connectivity index (χ2v) is 5.14. The molecule has 1 heterocycles. The van der Waals surface area contributed by atoms with Crippen LogP contribution in [0.2, 0.25) is 0 Å². The first-order chi connectivity index (χ1) is 10.6. The lowest BCUT2D eigenvalue weighted by molar-refractivity contribution is -0.119. The van der Waals surface area contributed by atoms with Crippen LogP contribution in [-0.2, 0) is 4.79 Å². The van der Waals surface area contributed by atoms with Gasteiger partial charge in [-0.1, -0.05) is 0 Å². The van der Waals surface area contributed by atoms with Crippen LogP contribution in [0.5, 0.6) is 11.5 Å². The van der Waals surface area contributed by atoms with Crippen molar-refractivity contribution in [3.63, 3.8) is 0 Å². The molecule has 128 valence electrons. The molecule has 1 fully saturated rings. The fraction of sp³-hybridized carbons (Fsp3) is 0.467. The van der Waals surface area contributed by atoms with Crippen LogP contribution in [0, 0.1) is 0 Å². The maximum absolute atomic E-state index is 12.2. The summed E-state index contributed by atoms with van der Waals surface area (Å²) in [5.41, 5.74) is 5.52. The first kappa shape index (κ1) is 19.1. The maximum atomic E-state index is 12.2. The van der Waals surface area contributed by atoms with Crippen molar-refractivity contribution in [1.29, 1.82) is 0 Å². The summed E-state index contributed by atoms with van der Waals surface area (Å²) in [5, 5.41) is 6.23. The summed E-state index contributed by atoms with van der Waals surface area (Å²) in [6, 6.07) is 4.94. The highest BCUT2D eigenvalue weighted by Crippen LogP contribution is 2.28. The zero-order chi connectivity index (χ0) is 15.9. The topological polar surface area (TPSA) is 103 Å². The molecule has 8 heteroatoms. The second kappa shape index (κ2) is 9.22. The summed E-state index contributed by atoms with van der Waals surface area (Å²) in [7, 11) is 1.47. The van der Waals surface area contributed by atoms with E-state index in [0.29, 0.717) is 17.1 Å². The number of nitrogens with one attached hydrogen (secondary N) is 2. The van der Waals surface area contributed by atoms with E-state index in [9.17, 15) is 9.59 Å². The number of carbonyl (C=O) groups excluding carboxylic acids is 2. The molecule has 0 aliphatic carbocycles. The third-order valence-electron chi connectivity index (χ3n) is 3.43. The molecule has 0 radical (unpaired) electrons. The van der Waals surface area contributed by atoms with Gasteiger partial charge >= 0.3 is 0 Å². The van der Waals surface area contributed by atoms with E-state index >= 15 is 0 Å². The summed E-state index contributed by atoms with van der Waals surface area (Å²) < 4.78 is 10.4. The largest absolute Gasteiger partial charge is 0.493 e. The fourth-order valence-corrected chi connectivity index (χ4v) is 2.32. The summed E-state index contributed by atoms with van der Waals surface area (Å²) in [5.74, 6) is 0.0231. The minimum atomic E-state index is -0.575. The Kier molecular flexibility index (Phi) is 7.64. The van der Waals surface area contributed by atoms with E-state index < -0.39 is 5.91 Å². The summed E-state index contributed by atoms with van der Waals surface area (Å²) in [4.78, 5) is 23.0. The highest BCUT2D eigenvalue weighted by Gasteiger charge is 2.17. The lowest BCUT2D eigenvalue weighted by atomic mass is 10.1. The maximum Gasteiger partial charge on any atom is 0.255 e. The molecule has 2 rings (SSSR count). The third kappa shape index (κ3) is 5.61. The molecule has 0 saturated carbocycles. The van der Waals surface area contributed by atoms with Crippen molar-refractivity contribution < 1.29 is 19.1 Å². The Morgan fingerprint density at radius 3 is 2.78 bits per heavy atom. The van der Waals surface area contributed by atoms with Gasteiger partial charge in [0, 0.05) is 18.2 Å². The van der Waals surface area contributed by atoms with Crippen molar-refractivity contribution in [2.75, 3.05) is 26.8 Å². The Balaban J connectivity index is 0.00000264. The van der Waals surface area contributed by atoms with Crippen LogP contribution >= 0.6 is 12.4 Å². The van der Waals surface area contributed by atoms with Crippen LogP contribution in [0.3, 0.4) is 0 Å². The SMILES string of the molecule is COc1cc(C(=O)NC2CCCNC2)ccc1OCC(N)=O.Cl. The third-order valence-corrected chi connectivity index (χ3v) is 3.43. The number of ether oxygens (including phenoxy) is 2. The van der Waals surface area contributed by atoms with Gasteiger partial charge in [0.2, 0.25) is 0 Å². The molecular formula is C15H22ClN3O4. The lowest BCUT2D eigenvalue weighted by Gasteiger charge is -2.24. The molecule has 4 N–H and O–H groups in total. The van der Waals surface area contributed by atoms with E-state index in [-0.39, 0.29) is 31.0 Å². The van der Waals surface area contributed by atoms with Gasteiger partial charge in [-0.3, -0.25) is 9.59 Å². The molecule has 0 spiro atoms. The van der Waals surface area contributed by atoms with Crippen molar-refractivity contribution in [2.24, 2.45) is 5.73 Å². The van der Waals surface area contributed by atoms with Gasteiger partial charge < -0.3 is 25.8 Å². The van der Waals surface area contributed by atoms with Crippen LogP contribution < -0.4 is 25.8 Å². The van der Waals surface area contributed by atoms with E-state index in [2.05, 4.69) is 10.6 Å². The number of halogens is 1. The quantitative estimate of drug-likeness (QED) is 0.696. The molecule has 1 aromatic rings. The van der Waals surface area contributed by atoms with Gasteiger partial charge in [0.05, 0.1) is 7.11 Å². The number of methoxy groups -OCH3 is 1. The summed E-state index contributed by atoms with van der Waals surface area (Å²) in [6.45, 7) is 1.53. The summed E-state index contributed by atoms with van der Waals surface area (Å²) in [6.07, 6.45) is 2.02. The monoisotopic (exact) mass is 343 g/mol. The van der Waals surface area contributed by atoms with Gasteiger partial charge in [-0.05, 0) is 37.6 Å². The Morgan fingerprint density at radius 1 is 1.39 bits per heavy atom. The van der Waals surface area contributed by atoms with E-state index in [1.54, 1.807) is 18.2 Å². The molecule has 0 aromatic heterocycles. The Morgan fingerprint density at radius 2 is 2.17 bits per heavy atom. The van der Waals surface area contributed by atoms with Crippen LogP contribution in [0.25, 0.3) is 0 Å². The number of piperidine rings is 1. The average Bonchev–Trinajstić information content (AvgIpc) is 2.53. The molecule has 2 amide bonds. The Labute approximate surface area is 141 Å². The van der Waals surface area contributed by atoms with Gasteiger partial charge in [-0.2, -0.15) is 0 Å². The van der Waals surface area contributed by atoms with E-state index in [1.807, 2.05) is 0 Å². The first-order valence-electron chi connectivity index (χ1n) is 7.21. The predicted octanol–water partition coefficient (Wildman–Crippen LogP) is 0.463. The van der Waals surface area contributed by atoms with Crippen molar-refractivity contribution in [1.82, 2.24) is 10.6 Å². The molecule has 1 unspecified atom stereocenters. The van der Waals surface area contributed by atoms with Gasteiger partial charge in [-0.15, -0.1) is 12.4 Å². The van der Waals surface area contributed by atoms with Crippen LogP contribution in [0.15, 0.2) is 18.2 Å². The van der Waals surface area contributed by atoms with Gasteiger partial charge in [0.25, 0.3) is 11.8 Å². The minimum Gasteiger partial charge on any atom is -0.493 e. The number of rotatable bonds is 6. The van der Waals surface area contributed by atoms with Crippen molar-refractivity contribution in [3.05, 3.63) is 23.8 Å². The highest BCUT2D eigenvalue weighted by atomic mass is 35.5. The lowest BCUT2D eigenvalue weighted by Crippen LogP contribution is -2.45. The minimum absolute atomic E-state index is 0. The zero-order valence-corrected chi connectivity index (χ0v) is 13.8. The number of nitrogens with two attached hydrogens (primary N) is 1. The van der Waals surface area contributed by atoms with E-state index in [1.165, 1.54) is 7.11 Å². The smallest absolute Gasteiger partial charge is 0.255 e. The van der Waals surface area contributed by atoms with Crippen LogP contribution in [0.4, 0.5) is 0 Å². The molecule has 0 bridgehead atoms. The number of benzene rings is 1. The van der Waals surface area contributed by atoms with Crippen LogP contribution in [-0.4, -0.2) is 44.7 Å². The normalized spacial score (nSPS) is 16.8. The number of amides is 2. The Bertz CT molecular complexity index is 548. The first-order valence-corrected chi connectivity index (χ1v) is 7.21. The second-order valence-electron chi connectivity index (χ2n) is 5.14. The molecule has 1 saturated heterocycles. The number of carbonyl (C=O) groups is 2. The fourth-order valence-electron chi connectivity index (χ4n) is 2.32. The van der Waals surface area contributed by atoms with Crippen molar-refractivity contribution in [2.45, 2.75) is 18.9 Å². The van der Waals surface area contributed by atoms with Gasteiger partial charge in [-0.25, -0.2) is 0 Å².